The van der Waals surface area contributed by atoms with E-state index in [0.717, 1.165) is 25.8 Å². The molecule has 1 N–H and O–H groups in total. The van der Waals surface area contributed by atoms with Crippen LogP contribution in [0.25, 0.3) is 0 Å². The first kappa shape index (κ1) is 14.8. The van der Waals surface area contributed by atoms with Gasteiger partial charge >= 0.3 is 0 Å². The third-order valence-corrected chi connectivity index (χ3v) is 7.46. The van der Waals surface area contributed by atoms with Crippen LogP contribution in [0.2, 0.25) is 0 Å². The topological polar surface area (TPSA) is 49.8 Å². The molecule has 1 saturated carbocycles. The number of ketones is 1. The number of piperidine rings is 1. The van der Waals surface area contributed by atoms with E-state index in [1.807, 2.05) is 0 Å². The lowest BCUT2D eigenvalue weighted by molar-refractivity contribution is -0.165. The third-order valence-electron chi connectivity index (χ3n) is 7.46. The van der Waals surface area contributed by atoms with Gasteiger partial charge in [0.2, 0.25) is 0 Å². The van der Waals surface area contributed by atoms with Crippen LogP contribution in [0.1, 0.15) is 44.2 Å². The van der Waals surface area contributed by atoms with Gasteiger partial charge in [0.05, 0.1) is 5.41 Å². The predicted molar refractivity (Wildman–Crippen MR) is 90.5 cm³/mol. The Morgan fingerprint density at radius 1 is 1.38 bits per heavy atom. The van der Waals surface area contributed by atoms with Gasteiger partial charge in [0.25, 0.3) is 0 Å². The van der Waals surface area contributed by atoms with Gasteiger partial charge in [-0.25, -0.2) is 0 Å². The Morgan fingerprint density at radius 3 is 2.92 bits per heavy atom. The van der Waals surface area contributed by atoms with Gasteiger partial charge in [-0.3, -0.25) is 4.79 Å². The van der Waals surface area contributed by atoms with Crippen LogP contribution in [-0.4, -0.2) is 41.0 Å². The monoisotopic (exact) mass is 327 g/mol. The first-order valence-electron chi connectivity index (χ1n) is 9.21. The van der Waals surface area contributed by atoms with Crippen LogP contribution >= 0.6 is 0 Å². The normalized spacial score (nSPS) is 39.8. The molecule has 4 atom stereocenters. The smallest absolute Gasteiger partial charge is 0.179 e. The van der Waals surface area contributed by atoms with E-state index in [0.29, 0.717) is 24.1 Å². The van der Waals surface area contributed by atoms with Crippen molar-refractivity contribution in [3.05, 3.63) is 23.3 Å². The molecule has 4 aliphatic rings. The molecule has 24 heavy (non-hydrogen) atoms. The van der Waals surface area contributed by atoms with Crippen molar-refractivity contribution in [2.24, 2.45) is 11.8 Å². The Morgan fingerprint density at radius 2 is 2.17 bits per heavy atom. The summed E-state index contributed by atoms with van der Waals surface area (Å²) in [5.41, 5.74) is 1.38. The number of carbonyl (C=O) groups excluding carboxylic acids is 1. The van der Waals surface area contributed by atoms with Gasteiger partial charge in [-0.05, 0) is 50.4 Å². The molecule has 1 aromatic rings. The second-order valence-corrected chi connectivity index (χ2v) is 8.48. The van der Waals surface area contributed by atoms with E-state index in [1.165, 1.54) is 11.1 Å². The zero-order valence-electron chi connectivity index (χ0n) is 14.6. The highest BCUT2D eigenvalue weighted by molar-refractivity contribution is 5.94. The number of likely N-dealkylation sites (N-methyl/N-ethyl adjacent to an activating group) is 1. The molecule has 4 heteroatoms. The summed E-state index contributed by atoms with van der Waals surface area (Å²) in [5, 5.41) is 10.5. The molecule has 0 amide bonds. The Balaban J connectivity index is 1.89. The molecule has 0 aromatic heterocycles. The van der Waals surface area contributed by atoms with E-state index in [2.05, 4.69) is 31.9 Å². The summed E-state index contributed by atoms with van der Waals surface area (Å²) in [7, 11) is 2.22. The molecule has 2 aliphatic heterocycles. The molecule has 0 radical (unpaired) electrons. The minimum absolute atomic E-state index is 0.0922. The molecular formula is C20H25NO3. The fraction of sp³-hybridized carbons (Fsp3) is 0.650. The summed E-state index contributed by atoms with van der Waals surface area (Å²) in [6.07, 6.45) is 3.48. The molecule has 0 unspecified atom stereocenters. The lowest BCUT2D eigenvalue weighted by Crippen LogP contribution is -2.73. The van der Waals surface area contributed by atoms with Gasteiger partial charge < -0.3 is 14.7 Å². The lowest BCUT2D eigenvalue weighted by atomic mass is 9.45. The van der Waals surface area contributed by atoms with Crippen molar-refractivity contribution < 1.29 is 14.6 Å². The summed E-state index contributed by atoms with van der Waals surface area (Å²) in [6, 6.07) is 4.27. The SMILES string of the molecule is CC(C)[C@@]12Oc3c(O)ccc4c3[C@@]13CCN(C)[C@H](C4)[C@@H]3CCC2=O. The largest absolute Gasteiger partial charge is 0.504 e. The number of ether oxygens (including phenoxy) is 1. The van der Waals surface area contributed by atoms with E-state index in [-0.39, 0.29) is 22.9 Å². The molecule has 128 valence electrons. The summed E-state index contributed by atoms with van der Waals surface area (Å²) in [6.45, 7) is 5.21. The number of Topliss-reactive ketones (excluding diaryl/α,β-unsaturated/α-hetero) is 1. The van der Waals surface area contributed by atoms with Gasteiger partial charge in [-0.15, -0.1) is 0 Å². The lowest BCUT2D eigenvalue weighted by Gasteiger charge is -2.61. The Labute approximate surface area is 142 Å². The van der Waals surface area contributed by atoms with Gasteiger partial charge in [-0.1, -0.05) is 19.9 Å². The minimum atomic E-state index is -0.800. The average Bonchev–Trinajstić information content (AvgIpc) is 2.87. The Kier molecular flexibility index (Phi) is 2.67. The number of carbonyl (C=O) groups is 1. The van der Waals surface area contributed by atoms with Crippen molar-refractivity contribution in [3.63, 3.8) is 0 Å². The van der Waals surface area contributed by atoms with E-state index >= 15 is 0 Å². The number of phenolic OH excluding ortho intramolecular Hbond substituents is 1. The third kappa shape index (κ3) is 1.32. The summed E-state index contributed by atoms with van der Waals surface area (Å²) in [4.78, 5) is 15.7. The number of likely N-dealkylation sites (tertiary alicyclic amines) is 1. The Bertz CT molecular complexity index is 757. The maximum Gasteiger partial charge on any atom is 0.179 e. The molecule has 4 nitrogen and oxygen atoms in total. The zero-order valence-corrected chi connectivity index (χ0v) is 14.6. The number of hydrogen-bond acceptors (Lipinski definition) is 4. The van der Waals surface area contributed by atoms with E-state index in [9.17, 15) is 9.90 Å². The van der Waals surface area contributed by atoms with Gasteiger partial charge in [0.1, 0.15) is 0 Å². The van der Waals surface area contributed by atoms with Crippen LogP contribution < -0.4 is 4.74 Å². The first-order valence-corrected chi connectivity index (χ1v) is 9.21. The molecule has 1 aromatic carbocycles. The molecule has 2 bridgehead atoms. The van der Waals surface area contributed by atoms with Gasteiger partial charge in [0, 0.05) is 23.9 Å². The Hall–Kier alpha value is -1.55. The number of hydrogen-bond donors (Lipinski definition) is 1. The quantitative estimate of drug-likeness (QED) is 0.861. The number of rotatable bonds is 1. The molecular weight excluding hydrogens is 302 g/mol. The van der Waals surface area contributed by atoms with Crippen molar-refractivity contribution in [1.82, 2.24) is 4.90 Å². The molecule has 1 spiro atoms. The highest BCUT2D eigenvalue weighted by atomic mass is 16.5. The second kappa shape index (κ2) is 4.34. The van der Waals surface area contributed by atoms with Crippen LogP contribution in [0.5, 0.6) is 11.5 Å². The highest BCUT2D eigenvalue weighted by Crippen LogP contribution is 2.68. The maximum atomic E-state index is 13.3. The van der Waals surface area contributed by atoms with Crippen molar-refractivity contribution in [1.29, 1.82) is 0 Å². The van der Waals surface area contributed by atoms with Gasteiger partial charge in [-0.2, -0.15) is 0 Å². The van der Waals surface area contributed by atoms with Crippen molar-refractivity contribution in [2.45, 2.75) is 56.6 Å². The first-order chi connectivity index (χ1) is 11.4. The molecule has 2 aliphatic carbocycles. The second-order valence-electron chi connectivity index (χ2n) is 8.48. The number of aromatic hydroxyl groups is 1. The van der Waals surface area contributed by atoms with E-state index in [1.54, 1.807) is 6.07 Å². The fourth-order valence-corrected chi connectivity index (χ4v) is 6.62. The van der Waals surface area contributed by atoms with Crippen LogP contribution in [0.15, 0.2) is 12.1 Å². The van der Waals surface area contributed by atoms with E-state index in [4.69, 9.17) is 4.74 Å². The summed E-state index contributed by atoms with van der Waals surface area (Å²) < 4.78 is 6.49. The molecule has 2 fully saturated rings. The zero-order chi connectivity index (χ0) is 16.9. The summed E-state index contributed by atoms with van der Waals surface area (Å²) >= 11 is 0. The average molecular weight is 327 g/mol. The molecule has 1 saturated heterocycles. The van der Waals surface area contributed by atoms with E-state index < -0.39 is 5.60 Å². The number of nitrogens with zero attached hydrogens (tertiary/aromatic N) is 1. The highest BCUT2D eigenvalue weighted by Gasteiger charge is 2.74. The molecule has 5 rings (SSSR count). The van der Waals surface area contributed by atoms with Crippen LogP contribution in [-0.2, 0) is 16.6 Å². The standard InChI is InChI=1S/C20H25NO3/c1-11(2)20-16(23)7-5-13-14-10-12-4-6-15(22)18(24-20)17(12)19(13,20)8-9-21(14)3/h4,6,11,13-14,22H,5,7-10H2,1-3H3/t13-,14+,19-,20-/m0/s1. The molecule has 2 heterocycles. The van der Waals surface area contributed by atoms with Crippen molar-refractivity contribution >= 4 is 5.78 Å². The fourth-order valence-electron chi connectivity index (χ4n) is 6.62. The minimum Gasteiger partial charge on any atom is -0.504 e. The van der Waals surface area contributed by atoms with Gasteiger partial charge in [0.15, 0.2) is 22.9 Å². The summed E-state index contributed by atoms with van der Waals surface area (Å²) in [5.74, 6) is 1.56. The van der Waals surface area contributed by atoms with Crippen molar-refractivity contribution in [2.75, 3.05) is 13.6 Å². The number of phenols is 1. The maximum absolute atomic E-state index is 13.3. The number of benzene rings is 1. The van der Waals surface area contributed by atoms with Crippen LogP contribution in [0.4, 0.5) is 0 Å². The predicted octanol–water partition coefficient (Wildman–Crippen LogP) is 2.66. The van der Waals surface area contributed by atoms with Crippen LogP contribution in [0, 0.1) is 11.8 Å². The van der Waals surface area contributed by atoms with Crippen LogP contribution in [0.3, 0.4) is 0 Å². The van der Waals surface area contributed by atoms with Crippen molar-refractivity contribution in [3.8, 4) is 11.5 Å².